The van der Waals surface area contributed by atoms with Crippen molar-refractivity contribution in [3.8, 4) is 0 Å². The lowest BCUT2D eigenvalue weighted by molar-refractivity contribution is 0.232. The van der Waals surface area contributed by atoms with E-state index in [-0.39, 0.29) is 0 Å². The number of hydrogen-bond acceptors (Lipinski definition) is 1. The van der Waals surface area contributed by atoms with Crippen LogP contribution in [0.2, 0.25) is 0 Å². The maximum Gasteiger partial charge on any atom is 0.0108 e. The second-order valence-electron chi connectivity index (χ2n) is 6.91. The molecule has 0 aliphatic heterocycles. The molecule has 3 atom stereocenters. The Morgan fingerprint density at radius 2 is 1.63 bits per heavy atom. The fourth-order valence-corrected chi connectivity index (χ4v) is 3.34. The Bertz CT molecular complexity index is 391. The lowest BCUT2D eigenvalue weighted by Crippen LogP contribution is -2.35. The van der Waals surface area contributed by atoms with Crippen molar-refractivity contribution < 1.29 is 0 Å². The Morgan fingerprint density at radius 3 is 2.16 bits per heavy atom. The van der Waals surface area contributed by atoms with E-state index < -0.39 is 0 Å². The molecule has 0 amide bonds. The van der Waals surface area contributed by atoms with E-state index in [1.54, 1.807) is 0 Å². The molecule has 0 radical (unpaired) electrons. The average molecular weight is 259 g/mol. The molecule has 1 saturated carbocycles. The summed E-state index contributed by atoms with van der Waals surface area (Å²) in [5.41, 5.74) is 9.24. The maximum absolute atomic E-state index is 6.37. The summed E-state index contributed by atoms with van der Waals surface area (Å²) in [5, 5.41) is 0. The largest absolute Gasteiger partial charge is 0.327 e. The van der Waals surface area contributed by atoms with Crippen LogP contribution in [0, 0.1) is 11.8 Å². The first-order valence-corrected chi connectivity index (χ1v) is 7.84. The fourth-order valence-electron chi connectivity index (χ4n) is 3.34. The molecular weight excluding hydrogens is 230 g/mol. The highest BCUT2D eigenvalue weighted by molar-refractivity contribution is 5.28. The third-order valence-electron chi connectivity index (χ3n) is 4.92. The van der Waals surface area contributed by atoms with E-state index in [4.69, 9.17) is 5.73 Å². The molecule has 106 valence electrons. The van der Waals surface area contributed by atoms with Crippen LogP contribution < -0.4 is 5.73 Å². The maximum atomic E-state index is 6.37. The van der Waals surface area contributed by atoms with Gasteiger partial charge >= 0.3 is 0 Å². The first-order valence-electron chi connectivity index (χ1n) is 7.84. The highest BCUT2D eigenvalue weighted by Crippen LogP contribution is 2.38. The van der Waals surface area contributed by atoms with Crippen molar-refractivity contribution in [1.82, 2.24) is 0 Å². The predicted octanol–water partition coefficient (Wildman–Crippen LogP) is 4.68. The highest BCUT2D eigenvalue weighted by atomic mass is 14.7. The van der Waals surface area contributed by atoms with E-state index in [1.807, 2.05) is 0 Å². The van der Waals surface area contributed by atoms with Crippen LogP contribution in [-0.2, 0) is 0 Å². The zero-order chi connectivity index (χ0) is 14.0. The summed E-state index contributed by atoms with van der Waals surface area (Å²) in [6.07, 6.45) is 3.75. The predicted molar refractivity (Wildman–Crippen MR) is 83.4 cm³/mol. The van der Waals surface area contributed by atoms with Gasteiger partial charge in [0.15, 0.2) is 0 Å². The summed E-state index contributed by atoms with van der Waals surface area (Å²) in [6, 6.07) is 9.53. The summed E-state index contributed by atoms with van der Waals surface area (Å²) in [6.45, 7) is 9.19. The van der Waals surface area contributed by atoms with Crippen LogP contribution in [0.5, 0.6) is 0 Å². The van der Waals surface area contributed by atoms with Crippen molar-refractivity contribution in [3.05, 3.63) is 35.4 Å². The molecule has 1 aromatic rings. The lowest BCUT2D eigenvalue weighted by Gasteiger charge is -2.36. The molecular formula is C18H29N. The molecule has 0 bridgehead atoms. The van der Waals surface area contributed by atoms with Crippen LogP contribution in [0.3, 0.4) is 0 Å². The summed E-state index contributed by atoms with van der Waals surface area (Å²) in [7, 11) is 0. The molecule has 19 heavy (non-hydrogen) atoms. The number of benzene rings is 1. The van der Waals surface area contributed by atoms with Gasteiger partial charge in [0.25, 0.3) is 0 Å². The Labute approximate surface area is 118 Å². The molecule has 3 unspecified atom stereocenters. The minimum absolute atomic E-state index is 0.347. The summed E-state index contributed by atoms with van der Waals surface area (Å²) >= 11 is 0. The average Bonchev–Trinajstić information content (AvgIpc) is 2.39. The number of hydrogen-bond donors (Lipinski definition) is 1. The van der Waals surface area contributed by atoms with Crippen molar-refractivity contribution in [1.29, 1.82) is 0 Å². The third-order valence-corrected chi connectivity index (χ3v) is 4.92. The molecule has 1 aliphatic carbocycles. The minimum Gasteiger partial charge on any atom is -0.327 e. The van der Waals surface area contributed by atoms with Crippen LogP contribution in [-0.4, -0.2) is 6.04 Å². The van der Waals surface area contributed by atoms with Gasteiger partial charge in [-0.1, -0.05) is 52.0 Å². The van der Waals surface area contributed by atoms with Gasteiger partial charge in [-0.25, -0.2) is 0 Å². The van der Waals surface area contributed by atoms with Gasteiger partial charge in [0.05, 0.1) is 0 Å². The van der Waals surface area contributed by atoms with Crippen LogP contribution in [0.1, 0.15) is 69.9 Å². The van der Waals surface area contributed by atoms with Crippen LogP contribution in [0.25, 0.3) is 0 Å². The zero-order valence-electron chi connectivity index (χ0n) is 12.9. The zero-order valence-corrected chi connectivity index (χ0v) is 12.9. The molecule has 0 aromatic heterocycles. The van der Waals surface area contributed by atoms with Crippen molar-refractivity contribution >= 4 is 0 Å². The molecule has 1 fully saturated rings. The van der Waals surface area contributed by atoms with Gasteiger partial charge in [-0.2, -0.15) is 0 Å². The molecule has 1 aromatic carbocycles. The normalized spacial score (nSPS) is 28.1. The second-order valence-corrected chi connectivity index (χ2v) is 6.91. The van der Waals surface area contributed by atoms with E-state index >= 15 is 0 Å². The smallest absolute Gasteiger partial charge is 0.0108 e. The standard InChI is InChI=1S/C18H29N/c1-12(2)14-5-7-15(8-6-14)17-11-16(13(3)4)9-10-18(17)19/h5-8,12-13,16-18H,9-11,19H2,1-4H3. The molecule has 2 N–H and O–H groups in total. The van der Waals surface area contributed by atoms with E-state index in [2.05, 4.69) is 52.0 Å². The summed E-state index contributed by atoms with van der Waals surface area (Å²) < 4.78 is 0. The van der Waals surface area contributed by atoms with E-state index in [0.29, 0.717) is 17.9 Å². The molecule has 2 rings (SSSR count). The van der Waals surface area contributed by atoms with Crippen molar-refractivity contribution in [2.45, 2.75) is 64.8 Å². The quantitative estimate of drug-likeness (QED) is 0.838. The molecule has 1 nitrogen and oxygen atoms in total. The number of rotatable bonds is 3. The van der Waals surface area contributed by atoms with Gasteiger partial charge in [0.2, 0.25) is 0 Å². The van der Waals surface area contributed by atoms with Crippen LogP contribution in [0.15, 0.2) is 24.3 Å². The third kappa shape index (κ3) is 3.39. The van der Waals surface area contributed by atoms with Gasteiger partial charge in [-0.05, 0) is 54.1 Å². The van der Waals surface area contributed by atoms with Gasteiger partial charge in [0, 0.05) is 6.04 Å². The van der Waals surface area contributed by atoms with Gasteiger partial charge < -0.3 is 5.73 Å². The van der Waals surface area contributed by atoms with E-state index in [0.717, 1.165) is 11.8 Å². The SMILES string of the molecule is CC(C)c1ccc(C2CC(C(C)C)CCC2N)cc1. The summed E-state index contributed by atoms with van der Waals surface area (Å²) in [5.74, 6) is 2.79. The van der Waals surface area contributed by atoms with Crippen molar-refractivity contribution in [3.63, 3.8) is 0 Å². The fraction of sp³-hybridized carbons (Fsp3) is 0.667. The molecule has 0 saturated heterocycles. The van der Waals surface area contributed by atoms with E-state index in [9.17, 15) is 0 Å². The van der Waals surface area contributed by atoms with Gasteiger partial charge in [-0.15, -0.1) is 0 Å². The first-order chi connectivity index (χ1) is 8.99. The van der Waals surface area contributed by atoms with E-state index in [1.165, 1.54) is 30.4 Å². The molecule has 0 heterocycles. The highest BCUT2D eigenvalue weighted by Gasteiger charge is 2.30. The van der Waals surface area contributed by atoms with Crippen molar-refractivity contribution in [2.24, 2.45) is 17.6 Å². The topological polar surface area (TPSA) is 26.0 Å². The van der Waals surface area contributed by atoms with Crippen LogP contribution in [0.4, 0.5) is 0 Å². The second kappa shape index (κ2) is 6.09. The first kappa shape index (κ1) is 14.6. The monoisotopic (exact) mass is 259 g/mol. The van der Waals surface area contributed by atoms with Crippen LogP contribution >= 0.6 is 0 Å². The Hall–Kier alpha value is -0.820. The Balaban J connectivity index is 2.14. The molecule has 1 heteroatoms. The molecule has 0 spiro atoms. The van der Waals surface area contributed by atoms with Gasteiger partial charge in [-0.3, -0.25) is 0 Å². The minimum atomic E-state index is 0.347. The van der Waals surface area contributed by atoms with Gasteiger partial charge in [0.1, 0.15) is 0 Å². The lowest BCUT2D eigenvalue weighted by atomic mass is 9.71. The Kier molecular flexibility index (Phi) is 4.67. The Morgan fingerprint density at radius 1 is 1.00 bits per heavy atom. The molecule has 1 aliphatic rings. The summed E-state index contributed by atoms with van der Waals surface area (Å²) in [4.78, 5) is 0. The van der Waals surface area contributed by atoms with Crippen molar-refractivity contribution in [2.75, 3.05) is 0 Å². The number of nitrogens with two attached hydrogens (primary N) is 1.